The van der Waals surface area contributed by atoms with E-state index in [0.29, 0.717) is 6.04 Å². The molecule has 0 aliphatic carbocycles. The van der Waals surface area contributed by atoms with Gasteiger partial charge in [-0.3, -0.25) is 0 Å². The molecule has 76 valence electrons. The van der Waals surface area contributed by atoms with Gasteiger partial charge in [0.1, 0.15) is 0 Å². The fraction of sp³-hybridized carbons (Fsp3) is 0.455. The predicted molar refractivity (Wildman–Crippen MR) is 61.2 cm³/mol. The molecular formula is C11H13Cl2N. The molecule has 2 rings (SSSR count). The molecule has 0 saturated carbocycles. The van der Waals surface area contributed by atoms with Crippen molar-refractivity contribution in [3.8, 4) is 0 Å². The summed E-state index contributed by atoms with van der Waals surface area (Å²) >= 11 is 12.1. The van der Waals surface area contributed by atoms with Crippen LogP contribution >= 0.6 is 23.2 Å². The summed E-state index contributed by atoms with van der Waals surface area (Å²) in [5, 5.41) is 4.90. The van der Waals surface area contributed by atoms with Crippen LogP contribution in [-0.4, -0.2) is 6.54 Å². The van der Waals surface area contributed by atoms with Crippen molar-refractivity contribution in [3.63, 3.8) is 0 Å². The summed E-state index contributed by atoms with van der Waals surface area (Å²) in [5.41, 5.74) is 2.50. The highest BCUT2D eigenvalue weighted by Crippen LogP contribution is 2.33. The molecule has 0 radical (unpaired) electrons. The predicted octanol–water partition coefficient (Wildman–Crippen LogP) is 3.59. The Morgan fingerprint density at radius 2 is 2.14 bits per heavy atom. The normalized spacial score (nSPS) is 20.6. The zero-order valence-corrected chi connectivity index (χ0v) is 9.62. The van der Waals surface area contributed by atoms with E-state index >= 15 is 0 Å². The van der Waals surface area contributed by atoms with Crippen molar-refractivity contribution in [2.75, 3.05) is 6.54 Å². The third kappa shape index (κ3) is 1.77. The first-order valence-corrected chi connectivity index (χ1v) is 5.69. The summed E-state index contributed by atoms with van der Waals surface area (Å²) in [6, 6.07) is 4.31. The molecule has 1 unspecified atom stereocenters. The fourth-order valence-corrected chi connectivity index (χ4v) is 2.50. The molecule has 3 heteroatoms. The zero-order chi connectivity index (χ0) is 10.1. The van der Waals surface area contributed by atoms with Crippen LogP contribution in [0.1, 0.15) is 30.5 Å². The van der Waals surface area contributed by atoms with Gasteiger partial charge < -0.3 is 5.32 Å². The largest absolute Gasteiger partial charge is 0.310 e. The Bertz CT molecular complexity index is 345. The molecule has 1 heterocycles. The van der Waals surface area contributed by atoms with Crippen LogP contribution in [0.3, 0.4) is 0 Å². The van der Waals surface area contributed by atoms with E-state index in [1.54, 1.807) is 0 Å². The first-order valence-electron chi connectivity index (χ1n) is 4.93. The quantitative estimate of drug-likeness (QED) is 0.818. The van der Waals surface area contributed by atoms with Crippen LogP contribution in [-0.2, 0) is 6.42 Å². The number of hydrogen-bond donors (Lipinski definition) is 1. The van der Waals surface area contributed by atoms with E-state index in [-0.39, 0.29) is 0 Å². The molecule has 1 N–H and O–H groups in total. The van der Waals surface area contributed by atoms with Gasteiger partial charge in [-0.15, -0.1) is 0 Å². The number of nitrogens with one attached hydrogen (secondary N) is 1. The molecule has 1 nitrogen and oxygen atoms in total. The third-order valence-electron chi connectivity index (χ3n) is 2.75. The van der Waals surface area contributed by atoms with E-state index in [2.05, 4.69) is 12.2 Å². The van der Waals surface area contributed by atoms with Crippen molar-refractivity contribution in [1.29, 1.82) is 0 Å². The lowest BCUT2D eigenvalue weighted by Crippen LogP contribution is -2.35. The van der Waals surface area contributed by atoms with Gasteiger partial charge in [0, 0.05) is 16.1 Å². The minimum absolute atomic E-state index is 0.459. The average Bonchev–Trinajstić information content (AvgIpc) is 1.99. The second kappa shape index (κ2) is 4.09. The van der Waals surface area contributed by atoms with Gasteiger partial charge in [0.25, 0.3) is 0 Å². The highest BCUT2D eigenvalue weighted by Gasteiger charge is 2.22. The minimum atomic E-state index is 0.459. The van der Waals surface area contributed by atoms with Gasteiger partial charge in [0.15, 0.2) is 0 Å². The maximum absolute atomic E-state index is 6.15. The topological polar surface area (TPSA) is 12.0 Å². The van der Waals surface area contributed by atoms with E-state index in [1.807, 2.05) is 12.1 Å². The van der Waals surface area contributed by atoms with Gasteiger partial charge in [-0.05, 0) is 42.6 Å². The fourth-order valence-electron chi connectivity index (χ4n) is 1.86. The van der Waals surface area contributed by atoms with E-state index in [1.165, 1.54) is 17.5 Å². The number of rotatable bonds is 2. The summed E-state index contributed by atoms with van der Waals surface area (Å²) in [7, 11) is 0. The molecule has 14 heavy (non-hydrogen) atoms. The van der Waals surface area contributed by atoms with Crippen molar-refractivity contribution in [2.45, 2.75) is 25.8 Å². The smallest absolute Gasteiger partial charge is 0.0456 e. The zero-order valence-electron chi connectivity index (χ0n) is 8.11. The molecule has 1 aliphatic heterocycles. The molecule has 0 aromatic heterocycles. The van der Waals surface area contributed by atoms with Gasteiger partial charge in [0.2, 0.25) is 0 Å². The Morgan fingerprint density at radius 3 is 2.64 bits per heavy atom. The van der Waals surface area contributed by atoms with Crippen LogP contribution in [0.2, 0.25) is 10.0 Å². The number of halogens is 2. The molecule has 1 aliphatic rings. The van der Waals surface area contributed by atoms with Crippen molar-refractivity contribution >= 4 is 23.2 Å². The maximum Gasteiger partial charge on any atom is 0.0456 e. The first-order chi connectivity index (χ1) is 6.72. The lowest BCUT2D eigenvalue weighted by molar-refractivity contribution is 0.381. The monoisotopic (exact) mass is 229 g/mol. The Morgan fingerprint density at radius 1 is 1.43 bits per heavy atom. The van der Waals surface area contributed by atoms with Crippen LogP contribution < -0.4 is 5.32 Å². The maximum atomic E-state index is 6.15. The van der Waals surface area contributed by atoms with Crippen LogP contribution in [0, 0.1) is 0 Å². The van der Waals surface area contributed by atoms with Crippen molar-refractivity contribution in [1.82, 2.24) is 5.32 Å². The highest BCUT2D eigenvalue weighted by atomic mass is 35.5. The second-order valence-corrected chi connectivity index (χ2v) is 4.45. The Labute approximate surface area is 94.4 Å². The van der Waals surface area contributed by atoms with Gasteiger partial charge >= 0.3 is 0 Å². The van der Waals surface area contributed by atoms with Crippen LogP contribution in [0.5, 0.6) is 0 Å². The van der Waals surface area contributed by atoms with Crippen molar-refractivity contribution in [2.24, 2.45) is 0 Å². The Balaban J connectivity index is 2.44. The summed E-state index contributed by atoms with van der Waals surface area (Å²) < 4.78 is 0. The standard InChI is InChI=1S/C11H13Cl2N/c1-2-8-9(11-3-4-14-11)5-7(12)6-10(8)13/h5-6,11,14H,2-4H2,1H3. The summed E-state index contributed by atoms with van der Waals surface area (Å²) in [4.78, 5) is 0. The van der Waals surface area contributed by atoms with Crippen LogP contribution in [0.4, 0.5) is 0 Å². The SMILES string of the molecule is CCc1c(Cl)cc(Cl)cc1C1CCN1. The van der Waals surface area contributed by atoms with Gasteiger partial charge in [-0.2, -0.15) is 0 Å². The third-order valence-corrected chi connectivity index (χ3v) is 3.30. The van der Waals surface area contributed by atoms with Crippen LogP contribution in [0.25, 0.3) is 0 Å². The van der Waals surface area contributed by atoms with Crippen LogP contribution in [0.15, 0.2) is 12.1 Å². The number of benzene rings is 1. The molecule has 0 bridgehead atoms. The molecule has 1 fully saturated rings. The second-order valence-electron chi connectivity index (χ2n) is 3.60. The van der Waals surface area contributed by atoms with E-state index < -0.39 is 0 Å². The molecule has 1 saturated heterocycles. The van der Waals surface area contributed by atoms with E-state index in [0.717, 1.165) is 23.0 Å². The molecule has 1 aromatic rings. The Hall–Kier alpha value is -0.240. The molecule has 1 aromatic carbocycles. The summed E-state index contributed by atoms with van der Waals surface area (Å²) in [6.07, 6.45) is 2.15. The van der Waals surface area contributed by atoms with Gasteiger partial charge in [0.05, 0.1) is 0 Å². The molecule has 0 spiro atoms. The lowest BCUT2D eigenvalue weighted by atomic mass is 9.92. The summed E-state index contributed by atoms with van der Waals surface area (Å²) in [5.74, 6) is 0. The van der Waals surface area contributed by atoms with E-state index in [4.69, 9.17) is 23.2 Å². The Kier molecular flexibility index (Phi) is 3.01. The van der Waals surface area contributed by atoms with Crippen molar-refractivity contribution in [3.05, 3.63) is 33.3 Å². The summed E-state index contributed by atoms with van der Waals surface area (Å²) in [6.45, 7) is 3.22. The molecular weight excluding hydrogens is 217 g/mol. The average molecular weight is 230 g/mol. The highest BCUT2D eigenvalue weighted by molar-refractivity contribution is 6.35. The minimum Gasteiger partial charge on any atom is -0.310 e. The van der Waals surface area contributed by atoms with Gasteiger partial charge in [-0.25, -0.2) is 0 Å². The first kappa shape index (κ1) is 10.3. The molecule has 0 amide bonds. The lowest BCUT2D eigenvalue weighted by Gasteiger charge is -2.30. The van der Waals surface area contributed by atoms with Crippen molar-refractivity contribution < 1.29 is 0 Å². The van der Waals surface area contributed by atoms with Gasteiger partial charge in [-0.1, -0.05) is 30.1 Å². The molecule has 1 atom stereocenters. The number of hydrogen-bond acceptors (Lipinski definition) is 1. The van der Waals surface area contributed by atoms with E-state index in [9.17, 15) is 0 Å².